The highest BCUT2D eigenvalue weighted by Gasteiger charge is 2.27. The molecule has 1 saturated heterocycles. The summed E-state index contributed by atoms with van der Waals surface area (Å²) in [6.07, 6.45) is 7.29. The minimum absolute atomic E-state index is 0.0935. The highest BCUT2D eigenvalue weighted by atomic mass is 16.5. The van der Waals surface area contributed by atoms with Crippen molar-refractivity contribution in [1.82, 2.24) is 14.7 Å². The fourth-order valence-electron chi connectivity index (χ4n) is 2.62. The van der Waals surface area contributed by atoms with Crippen LogP contribution >= 0.6 is 0 Å². The monoisotopic (exact) mass is 279 g/mol. The van der Waals surface area contributed by atoms with E-state index in [9.17, 15) is 4.79 Å². The molecular weight excluding hydrogens is 254 g/mol. The first-order chi connectivity index (χ1) is 9.56. The van der Waals surface area contributed by atoms with Gasteiger partial charge >= 0.3 is 0 Å². The van der Waals surface area contributed by atoms with Gasteiger partial charge in [0.1, 0.15) is 6.61 Å². The summed E-state index contributed by atoms with van der Waals surface area (Å²) in [5.74, 6) is 0.104. The van der Waals surface area contributed by atoms with E-state index in [-0.39, 0.29) is 24.7 Å². The summed E-state index contributed by atoms with van der Waals surface area (Å²) in [6.45, 7) is 7.74. The Hall–Kier alpha value is -1.36. The molecule has 0 N–H and O–H groups in total. The first-order valence-electron chi connectivity index (χ1n) is 7.46. The summed E-state index contributed by atoms with van der Waals surface area (Å²) >= 11 is 0. The molecule has 0 unspecified atom stereocenters. The molecule has 2 heterocycles. The summed E-state index contributed by atoms with van der Waals surface area (Å²) in [5.41, 5.74) is 1.15. The zero-order valence-corrected chi connectivity index (χ0v) is 12.7. The zero-order chi connectivity index (χ0) is 14.5. The predicted molar refractivity (Wildman–Crippen MR) is 77.4 cm³/mol. The van der Waals surface area contributed by atoms with E-state index in [1.165, 1.54) is 6.42 Å². The summed E-state index contributed by atoms with van der Waals surface area (Å²) in [6, 6.07) is 0.242. The van der Waals surface area contributed by atoms with E-state index < -0.39 is 0 Å². The maximum absolute atomic E-state index is 12.3. The summed E-state index contributed by atoms with van der Waals surface area (Å²) < 4.78 is 7.39. The third-order valence-corrected chi connectivity index (χ3v) is 3.65. The standard InChI is InChI=1S/C15H25N3O2/c1-12(2)20-11-15(19)18-7-5-4-6-14(18)10-17-9-13(3)8-16-17/h8-9,12,14H,4-7,10-11H2,1-3H3/t14-/m1/s1. The first-order valence-corrected chi connectivity index (χ1v) is 7.46. The molecule has 1 atom stereocenters. The Kier molecular flexibility index (Phi) is 5.17. The normalized spacial score (nSPS) is 19.6. The third-order valence-electron chi connectivity index (χ3n) is 3.65. The molecule has 1 aromatic rings. The molecule has 1 amide bonds. The van der Waals surface area contributed by atoms with Crippen LogP contribution in [-0.4, -0.2) is 45.9 Å². The number of carbonyl (C=O) groups is 1. The van der Waals surface area contributed by atoms with E-state index in [1.807, 2.05) is 42.7 Å². The number of piperidine rings is 1. The third kappa shape index (κ3) is 4.07. The van der Waals surface area contributed by atoms with Crippen molar-refractivity contribution in [2.24, 2.45) is 0 Å². The Morgan fingerprint density at radius 2 is 2.30 bits per heavy atom. The second kappa shape index (κ2) is 6.88. The van der Waals surface area contributed by atoms with E-state index in [0.29, 0.717) is 0 Å². The second-order valence-electron chi connectivity index (χ2n) is 5.84. The van der Waals surface area contributed by atoms with Gasteiger partial charge in [-0.1, -0.05) is 0 Å². The number of aryl methyl sites for hydroxylation is 1. The lowest BCUT2D eigenvalue weighted by atomic mass is 10.0. The second-order valence-corrected chi connectivity index (χ2v) is 5.84. The molecule has 20 heavy (non-hydrogen) atoms. The van der Waals surface area contributed by atoms with Gasteiger partial charge in [-0.05, 0) is 45.6 Å². The van der Waals surface area contributed by atoms with Gasteiger partial charge < -0.3 is 9.64 Å². The topological polar surface area (TPSA) is 47.4 Å². The summed E-state index contributed by atoms with van der Waals surface area (Å²) in [5, 5.41) is 4.33. The number of hydrogen-bond acceptors (Lipinski definition) is 3. The minimum Gasteiger partial charge on any atom is -0.369 e. The lowest BCUT2D eigenvalue weighted by molar-refractivity contribution is -0.141. The molecule has 5 heteroatoms. The lowest BCUT2D eigenvalue weighted by Crippen LogP contribution is -2.47. The van der Waals surface area contributed by atoms with Crippen LogP contribution in [0.25, 0.3) is 0 Å². The summed E-state index contributed by atoms with van der Waals surface area (Å²) in [4.78, 5) is 14.3. The van der Waals surface area contributed by atoms with E-state index in [0.717, 1.165) is 31.5 Å². The fourth-order valence-corrected chi connectivity index (χ4v) is 2.62. The number of amides is 1. The van der Waals surface area contributed by atoms with Crippen molar-refractivity contribution in [2.45, 2.75) is 58.7 Å². The molecule has 1 aliphatic rings. The molecule has 0 spiro atoms. The molecule has 1 aliphatic heterocycles. The Labute approximate surface area is 120 Å². The SMILES string of the molecule is Cc1cnn(C[C@H]2CCCCN2C(=O)COC(C)C)c1. The maximum atomic E-state index is 12.3. The molecule has 1 aromatic heterocycles. The van der Waals surface area contributed by atoms with Gasteiger partial charge in [0.2, 0.25) is 5.91 Å². The van der Waals surface area contributed by atoms with Crippen LogP contribution < -0.4 is 0 Å². The van der Waals surface area contributed by atoms with Crippen molar-refractivity contribution < 1.29 is 9.53 Å². The van der Waals surface area contributed by atoms with Crippen LogP contribution in [0.5, 0.6) is 0 Å². The van der Waals surface area contributed by atoms with E-state index in [1.54, 1.807) is 0 Å². The molecule has 0 radical (unpaired) electrons. The fraction of sp³-hybridized carbons (Fsp3) is 0.733. The quantitative estimate of drug-likeness (QED) is 0.828. The van der Waals surface area contributed by atoms with Crippen molar-refractivity contribution in [3.63, 3.8) is 0 Å². The van der Waals surface area contributed by atoms with Crippen molar-refractivity contribution in [3.8, 4) is 0 Å². The molecule has 0 aliphatic carbocycles. The van der Waals surface area contributed by atoms with Crippen LogP contribution in [0.15, 0.2) is 12.4 Å². The van der Waals surface area contributed by atoms with Gasteiger partial charge in [-0.3, -0.25) is 9.48 Å². The average molecular weight is 279 g/mol. The van der Waals surface area contributed by atoms with Gasteiger partial charge in [0, 0.05) is 12.7 Å². The number of rotatable bonds is 5. The van der Waals surface area contributed by atoms with Crippen LogP contribution in [-0.2, 0) is 16.1 Å². The molecule has 112 valence electrons. The molecule has 0 saturated carbocycles. The van der Waals surface area contributed by atoms with Crippen LogP contribution in [0.1, 0.15) is 38.7 Å². The predicted octanol–water partition coefficient (Wildman–Crippen LogP) is 2.00. The largest absolute Gasteiger partial charge is 0.369 e. The van der Waals surface area contributed by atoms with Gasteiger partial charge in [0.15, 0.2) is 0 Å². The average Bonchev–Trinajstić information content (AvgIpc) is 2.82. The van der Waals surface area contributed by atoms with Gasteiger partial charge in [0.25, 0.3) is 0 Å². The Balaban J connectivity index is 1.95. The number of carbonyl (C=O) groups excluding carboxylic acids is 1. The number of likely N-dealkylation sites (tertiary alicyclic amines) is 1. The van der Waals surface area contributed by atoms with Crippen LogP contribution in [0.3, 0.4) is 0 Å². The van der Waals surface area contributed by atoms with E-state index in [2.05, 4.69) is 5.10 Å². The van der Waals surface area contributed by atoms with Crippen molar-refractivity contribution in [2.75, 3.05) is 13.2 Å². The highest BCUT2D eigenvalue weighted by molar-refractivity contribution is 5.77. The van der Waals surface area contributed by atoms with Crippen LogP contribution in [0.2, 0.25) is 0 Å². The van der Waals surface area contributed by atoms with Crippen LogP contribution in [0.4, 0.5) is 0 Å². The van der Waals surface area contributed by atoms with Crippen molar-refractivity contribution in [3.05, 3.63) is 18.0 Å². The van der Waals surface area contributed by atoms with Gasteiger partial charge in [-0.25, -0.2) is 0 Å². The maximum Gasteiger partial charge on any atom is 0.248 e. The molecule has 0 aromatic carbocycles. The van der Waals surface area contributed by atoms with Crippen molar-refractivity contribution >= 4 is 5.91 Å². The molecule has 2 rings (SSSR count). The summed E-state index contributed by atoms with van der Waals surface area (Å²) in [7, 11) is 0. The van der Waals surface area contributed by atoms with Gasteiger partial charge in [0.05, 0.1) is 24.9 Å². The Morgan fingerprint density at radius 1 is 1.50 bits per heavy atom. The number of ether oxygens (including phenoxy) is 1. The number of hydrogen-bond donors (Lipinski definition) is 0. The van der Waals surface area contributed by atoms with Crippen LogP contribution in [0, 0.1) is 6.92 Å². The van der Waals surface area contributed by atoms with Gasteiger partial charge in [-0.15, -0.1) is 0 Å². The molecule has 1 fully saturated rings. The number of nitrogens with zero attached hydrogens (tertiary/aromatic N) is 3. The highest BCUT2D eigenvalue weighted by Crippen LogP contribution is 2.19. The van der Waals surface area contributed by atoms with Gasteiger partial charge in [-0.2, -0.15) is 5.10 Å². The zero-order valence-electron chi connectivity index (χ0n) is 12.7. The van der Waals surface area contributed by atoms with E-state index >= 15 is 0 Å². The van der Waals surface area contributed by atoms with Crippen molar-refractivity contribution in [1.29, 1.82) is 0 Å². The molecule has 0 bridgehead atoms. The Morgan fingerprint density at radius 3 is 2.95 bits per heavy atom. The number of aromatic nitrogens is 2. The lowest BCUT2D eigenvalue weighted by Gasteiger charge is -2.35. The van der Waals surface area contributed by atoms with E-state index in [4.69, 9.17) is 4.74 Å². The first kappa shape index (κ1) is 15.0. The minimum atomic E-state index is 0.0935. The smallest absolute Gasteiger partial charge is 0.248 e. The molecule has 5 nitrogen and oxygen atoms in total. The molecular formula is C15H25N3O2. The Bertz CT molecular complexity index is 442.